The highest BCUT2D eigenvalue weighted by molar-refractivity contribution is 5.93. The van der Waals surface area contributed by atoms with Crippen LogP contribution in [0.25, 0.3) is 0 Å². The lowest BCUT2D eigenvalue weighted by molar-refractivity contribution is -0.141. The van der Waals surface area contributed by atoms with E-state index in [4.69, 9.17) is 4.74 Å². The molecule has 8 nitrogen and oxygen atoms in total. The highest BCUT2D eigenvalue weighted by atomic mass is 16.5. The summed E-state index contributed by atoms with van der Waals surface area (Å²) in [6.45, 7) is 1.31. The Morgan fingerprint density at radius 2 is 1.87 bits per heavy atom. The lowest BCUT2D eigenvalue weighted by Crippen LogP contribution is -2.48. The predicted molar refractivity (Wildman–Crippen MR) is 109 cm³/mol. The monoisotopic (exact) mass is 414 g/mol. The van der Waals surface area contributed by atoms with Gasteiger partial charge in [0.25, 0.3) is 0 Å². The fourth-order valence-corrected chi connectivity index (χ4v) is 4.67. The second-order valence-corrected chi connectivity index (χ2v) is 8.50. The van der Waals surface area contributed by atoms with Crippen molar-refractivity contribution in [2.45, 2.75) is 69.7 Å². The third kappa shape index (κ3) is 4.98. The molecule has 1 N–H and O–H groups in total. The fourth-order valence-electron chi connectivity index (χ4n) is 4.67. The number of rotatable bonds is 5. The molecule has 3 amide bonds. The first-order chi connectivity index (χ1) is 14.6. The standard InChI is InChI=1S/C22H30N4O4/c27-20-7-6-19(24-20)22(29)25-12-18(30-15-16-8-10-23-11-9-16)13-26(21(28)14-25)17-4-2-1-3-5-17/h8-11,17-19H,1-7,12-15H2,(H,24,27)/t18-,19+/m1/s1. The van der Waals surface area contributed by atoms with E-state index in [2.05, 4.69) is 10.3 Å². The molecule has 2 aliphatic heterocycles. The highest BCUT2D eigenvalue weighted by Gasteiger charge is 2.38. The summed E-state index contributed by atoms with van der Waals surface area (Å²) in [7, 11) is 0. The van der Waals surface area contributed by atoms with Gasteiger partial charge in [0.1, 0.15) is 6.04 Å². The van der Waals surface area contributed by atoms with E-state index in [0.29, 0.717) is 32.5 Å². The van der Waals surface area contributed by atoms with Gasteiger partial charge in [-0.3, -0.25) is 19.4 Å². The molecule has 1 aliphatic carbocycles. The van der Waals surface area contributed by atoms with Gasteiger partial charge in [-0.1, -0.05) is 19.3 Å². The molecular formula is C22H30N4O4. The predicted octanol–water partition coefficient (Wildman–Crippen LogP) is 1.25. The van der Waals surface area contributed by atoms with Gasteiger partial charge in [0, 0.05) is 37.9 Å². The Labute approximate surface area is 177 Å². The Morgan fingerprint density at radius 3 is 2.57 bits per heavy atom. The van der Waals surface area contributed by atoms with Crippen LogP contribution in [0.15, 0.2) is 24.5 Å². The smallest absolute Gasteiger partial charge is 0.245 e. The van der Waals surface area contributed by atoms with Crippen LogP contribution in [0, 0.1) is 0 Å². The fraction of sp³-hybridized carbons (Fsp3) is 0.636. The Balaban J connectivity index is 1.48. The molecule has 1 aromatic heterocycles. The molecule has 3 heterocycles. The molecule has 0 bridgehead atoms. The Bertz CT molecular complexity index is 766. The van der Waals surface area contributed by atoms with E-state index in [1.54, 1.807) is 17.3 Å². The minimum atomic E-state index is -0.535. The van der Waals surface area contributed by atoms with E-state index in [9.17, 15) is 14.4 Å². The van der Waals surface area contributed by atoms with Gasteiger partial charge in [-0.15, -0.1) is 0 Å². The van der Waals surface area contributed by atoms with Crippen molar-refractivity contribution in [1.82, 2.24) is 20.1 Å². The second kappa shape index (κ2) is 9.55. The SMILES string of the molecule is O=C1CC[C@@H](C(=O)N2CC(=O)N(C3CCCCC3)C[C@H](OCc3ccncc3)C2)N1. The zero-order valence-electron chi connectivity index (χ0n) is 17.3. The van der Waals surface area contributed by atoms with Crippen LogP contribution in [-0.4, -0.2) is 70.3 Å². The van der Waals surface area contributed by atoms with E-state index in [0.717, 1.165) is 31.2 Å². The lowest BCUT2D eigenvalue weighted by Gasteiger charge is -2.34. The van der Waals surface area contributed by atoms with Crippen LogP contribution in [0.4, 0.5) is 0 Å². The number of ether oxygens (including phenoxy) is 1. The van der Waals surface area contributed by atoms with Gasteiger partial charge < -0.3 is 19.9 Å². The second-order valence-electron chi connectivity index (χ2n) is 8.50. The maximum atomic E-state index is 13.1. The lowest BCUT2D eigenvalue weighted by atomic mass is 9.94. The molecular weight excluding hydrogens is 384 g/mol. The van der Waals surface area contributed by atoms with Gasteiger partial charge in [-0.05, 0) is 37.0 Å². The number of hydrogen-bond donors (Lipinski definition) is 1. The van der Waals surface area contributed by atoms with Gasteiger partial charge in [0.2, 0.25) is 17.7 Å². The number of pyridine rings is 1. The summed E-state index contributed by atoms with van der Waals surface area (Å²) < 4.78 is 6.18. The van der Waals surface area contributed by atoms with Crippen LogP contribution >= 0.6 is 0 Å². The first-order valence-corrected chi connectivity index (χ1v) is 11.0. The van der Waals surface area contributed by atoms with Crippen molar-refractivity contribution in [3.63, 3.8) is 0 Å². The van der Waals surface area contributed by atoms with Crippen molar-refractivity contribution < 1.29 is 19.1 Å². The van der Waals surface area contributed by atoms with Crippen LogP contribution in [0.2, 0.25) is 0 Å². The van der Waals surface area contributed by atoms with E-state index in [1.165, 1.54) is 6.42 Å². The number of aromatic nitrogens is 1. The molecule has 0 unspecified atom stereocenters. The summed E-state index contributed by atoms with van der Waals surface area (Å²) >= 11 is 0. The molecule has 3 fully saturated rings. The molecule has 0 radical (unpaired) electrons. The summed E-state index contributed by atoms with van der Waals surface area (Å²) in [6, 6.07) is 3.49. The molecule has 3 aliphatic rings. The van der Waals surface area contributed by atoms with Crippen molar-refractivity contribution in [3.05, 3.63) is 30.1 Å². The number of amides is 3. The zero-order chi connectivity index (χ0) is 20.9. The van der Waals surface area contributed by atoms with Gasteiger partial charge in [0.15, 0.2) is 0 Å². The number of carbonyl (C=O) groups excluding carboxylic acids is 3. The molecule has 162 valence electrons. The minimum Gasteiger partial charge on any atom is -0.370 e. The molecule has 1 saturated carbocycles. The number of hydrogen-bond acceptors (Lipinski definition) is 5. The van der Waals surface area contributed by atoms with Crippen LogP contribution in [-0.2, 0) is 25.7 Å². The summed E-state index contributed by atoms with van der Waals surface area (Å²) in [5.41, 5.74) is 1.01. The molecule has 30 heavy (non-hydrogen) atoms. The maximum absolute atomic E-state index is 13.1. The Hall–Kier alpha value is -2.48. The summed E-state index contributed by atoms with van der Waals surface area (Å²) in [5, 5.41) is 2.73. The Morgan fingerprint density at radius 1 is 1.10 bits per heavy atom. The summed E-state index contributed by atoms with van der Waals surface area (Å²) in [4.78, 5) is 45.3. The highest BCUT2D eigenvalue weighted by Crippen LogP contribution is 2.25. The number of carbonyl (C=O) groups is 3. The third-order valence-electron chi connectivity index (χ3n) is 6.33. The first-order valence-electron chi connectivity index (χ1n) is 11.0. The van der Waals surface area contributed by atoms with Gasteiger partial charge in [0.05, 0.1) is 19.3 Å². The summed E-state index contributed by atoms with van der Waals surface area (Å²) in [6.07, 6.45) is 9.52. The van der Waals surface area contributed by atoms with Gasteiger partial charge >= 0.3 is 0 Å². The normalized spacial score (nSPS) is 25.9. The molecule has 2 saturated heterocycles. The van der Waals surface area contributed by atoms with Crippen molar-refractivity contribution >= 4 is 17.7 Å². The van der Waals surface area contributed by atoms with E-state index in [1.807, 2.05) is 17.0 Å². The van der Waals surface area contributed by atoms with E-state index < -0.39 is 6.04 Å². The van der Waals surface area contributed by atoms with E-state index in [-0.39, 0.29) is 36.4 Å². The Kier molecular flexibility index (Phi) is 6.62. The van der Waals surface area contributed by atoms with Crippen LogP contribution < -0.4 is 5.32 Å². The first kappa shape index (κ1) is 20.8. The molecule has 8 heteroatoms. The molecule has 1 aromatic rings. The van der Waals surface area contributed by atoms with Crippen molar-refractivity contribution in [2.24, 2.45) is 0 Å². The third-order valence-corrected chi connectivity index (χ3v) is 6.33. The number of nitrogens with zero attached hydrogens (tertiary/aromatic N) is 3. The largest absolute Gasteiger partial charge is 0.370 e. The zero-order valence-corrected chi connectivity index (χ0v) is 17.3. The maximum Gasteiger partial charge on any atom is 0.245 e. The molecule has 4 rings (SSSR count). The molecule has 0 aromatic carbocycles. The van der Waals surface area contributed by atoms with Crippen molar-refractivity contribution in [3.8, 4) is 0 Å². The number of nitrogens with one attached hydrogen (secondary N) is 1. The average molecular weight is 415 g/mol. The summed E-state index contributed by atoms with van der Waals surface area (Å²) in [5.74, 6) is -0.310. The van der Waals surface area contributed by atoms with Crippen molar-refractivity contribution in [2.75, 3.05) is 19.6 Å². The topological polar surface area (TPSA) is 91.8 Å². The molecule has 0 spiro atoms. The molecule has 2 atom stereocenters. The average Bonchev–Trinajstić information content (AvgIpc) is 3.14. The van der Waals surface area contributed by atoms with Crippen LogP contribution in [0.5, 0.6) is 0 Å². The minimum absolute atomic E-state index is 0.0189. The van der Waals surface area contributed by atoms with Crippen LogP contribution in [0.1, 0.15) is 50.5 Å². The van der Waals surface area contributed by atoms with Gasteiger partial charge in [-0.25, -0.2) is 0 Å². The van der Waals surface area contributed by atoms with Crippen LogP contribution in [0.3, 0.4) is 0 Å². The van der Waals surface area contributed by atoms with Gasteiger partial charge in [-0.2, -0.15) is 0 Å². The quantitative estimate of drug-likeness (QED) is 0.783. The van der Waals surface area contributed by atoms with Crippen molar-refractivity contribution in [1.29, 1.82) is 0 Å². The van der Waals surface area contributed by atoms with E-state index >= 15 is 0 Å².